The molecule has 0 saturated heterocycles. The Hall–Kier alpha value is -7.16. The zero-order valence-electron chi connectivity index (χ0n) is 32.1. The Balaban J connectivity index is 0.940. The number of nitrogens with zero attached hydrogens (tertiary/aromatic N) is 2. The van der Waals surface area contributed by atoms with Gasteiger partial charge in [-0.3, -0.25) is 0 Å². The lowest BCUT2D eigenvalue weighted by Crippen LogP contribution is -2.09. The molecule has 2 heteroatoms. The Morgan fingerprint density at radius 2 is 0.596 bits per heavy atom. The first-order valence-corrected chi connectivity index (χ1v) is 19.8. The minimum atomic E-state index is 0.568. The largest absolute Gasteiger partial charge is 0.311 e. The molecule has 0 bridgehead atoms. The molecule has 0 aromatic heterocycles. The van der Waals surface area contributed by atoms with Crippen LogP contribution in [0, 0.1) is 5.92 Å². The van der Waals surface area contributed by atoms with Crippen molar-refractivity contribution in [2.24, 2.45) is 5.92 Å². The van der Waals surface area contributed by atoms with Crippen LogP contribution in [0.25, 0.3) is 39.0 Å². The van der Waals surface area contributed by atoms with Crippen LogP contribution in [-0.4, -0.2) is 0 Å². The maximum absolute atomic E-state index is 2.37. The Labute approximate surface area is 337 Å². The number of rotatable bonds is 10. The van der Waals surface area contributed by atoms with Crippen LogP contribution in [0.15, 0.2) is 231 Å². The first-order chi connectivity index (χ1) is 28.2. The van der Waals surface area contributed by atoms with Crippen LogP contribution < -0.4 is 9.80 Å². The van der Waals surface area contributed by atoms with E-state index in [4.69, 9.17) is 0 Å². The summed E-state index contributed by atoms with van der Waals surface area (Å²) in [6.07, 6.45) is 8.01. The summed E-state index contributed by atoms with van der Waals surface area (Å²) in [5.41, 5.74) is 16.5. The molecule has 0 spiro atoms. The minimum Gasteiger partial charge on any atom is -0.311 e. The van der Waals surface area contributed by atoms with Crippen LogP contribution in [0.5, 0.6) is 0 Å². The molecule has 0 fully saturated rings. The van der Waals surface area contributed by atoms with Gasteiger partial charge in [0.2, 0.25) is 0 Å². The highest BCUT2D eigenvalue weighted by atomic mass is 15.1. The molecule has 0 saturated carbocycles. The van der Waals surface area contributed by atoms with Gasteiger partial charge in [-0.25, -0.2) is 0 Å². The van der Waals surface area contributed by atoms with Gasteiger partial charge in [-0.15, -0.1) is 0 Å². The molecule has 0 aliphatic heterocycles. The predicted octanol–water partition coefficient (Wildman–Crippen LogP) is 15.6. The quantitative estimate of drug-likeness (QED) is 0.138. The summed E-state index contributed by atoms with van der Waals surface area (Å²) in [5.74, 6) is 0.568. The molecule has 0 amide bonds. The van der Waals surface area contributed by atoms with Gasteiger partial charge in [0.25, 0.3) is 0 Å². The molecule has 0 N–H and O–H groups in total. The normalized spacial score (nSPS) is 13.5. The highest BCUT2D eigenvalue weighted by molar-refractivity contribution is 5.83. The van der Waals surface area contributed by atoms with E-state index in [1.807, 2.05) is 0 Å². The smallest absolute Gasteiger partial charge is 0.0462 e. The van der Waals surface area contributed by atoms with Crippen molar-refractivity contribution in [3.05, 3.63) is 236 Å². The van der Waals surface area contributed by atoms with Crippen molar-refractivity contribution in [1.82, 2.24) is 0 Å². The van der Waals surface area contributed by atoms with Crippen LogP contribution in [0.1, 0.15) is 18.9 Å². The zero-order chi connectivity index (χ0) is 38.4. The molecule has 2 nitrogen and oxygen atoms in total. The van der Waals surface area contributed by atoms with E-state index in [1.165, 1.54) is 44.5 Å². The van der Waals surface area contributed by atoms with Crippen molar-refractivity contribution in [2.75, 3.05) is 9.80 Å². The number of hydrogen-bond acceptors (Lipinski definition) is 2. The first-order valence-electron chi connectivity index (χ1n) is 19.8. The number of para-hydroxylation sites is 2. The summed E-state index contributed by atoms with van der Waals surface area (Å²) in [7, 11) is 0. The lowest BCUT2D eigenvalue weighted by atomic mass is 9.93. The second kappa shape index (κ2) is 16.3. The van der Waals surface area contributed by atoms with Crippen LogP contribution in [0.4, 0.5) is 34.1 Å². The Morgan fingerprint density at radius 3 is 0.947 bits per heavy atom. The third-order valence-corrected chi connectivity index (χ3v) is 10.8. The van der Waals surface area contributed by atoms with E-state index in [0.29, 0.717) is 5.92 Å². The SMILES string of the molecule is C[C@H]1C=C(c2ccc(N(c3ccccc3)c3ccc(-c4ccc(-c5ccc(N(c6ccccc6)c6ccc(-c7ccccc7)cc6)cc5)cc4)cc3)cc2)C=CC1. The highest BCUT2D eigenvalue weighted by Gasteiger charge is 2.15. The fourth-order valence-corrected chi connectivity index (χ4v) is 7.78. The van der Waals surface area contributed by atoms with E-state index < -0.39 is 0 Å². The van der Waals surface area contributed by atoms with Gasteiger partial charge in [-0.1, -0.05) is 165 Å². The molecule has 0 unspecified atom stereocenters. The molecule has 274 valence electrons. The Bertz CT molecular complexity index is 2590. The molecule has 8 aromatic rings. The standard InChI is InChI=1S/C55H44N2/c1-41-12-11-15-49(40-41)48-30-38-55(39-31-48)57(51-18-9-4-10-19-51)54-36-28-47(29-37-54)44-22-20-43(21-23-44)46-26-34-53(35-27-46)56(50-16-7-3-8-17-50)52-32-24-45(25-33-52)42-13-5-2-6-14-42/h2-11,13-41H,12H2,1H3/t41-/m1/s1. The third kappa shape index (κ3) is 7.85. The summed E-state index contributed by atoms with van der Waals surface area (Å²) in [5, 5.41) is 0. The summed E-state index contributed by atoms with van der Waals surface area (Å²) >= 11 is 0. The molecular weight excluding hydrogens is 689 g/mol. The van der Waals surface area contributed by atoms with E-state index >= 15 is 0 Å². The van der Waals surface area contributed by atoms with Crippen LogP contribution >= 0.6 is 0 Å². The summed E-state index contributed by atoms with van der Waals surface area (Å²) in [4.78, 5) is 4.64. The first kappa shape index (κ1) is 35.5. The van der Waals surface area contributed by atoms with Crippen LogP contribution in [0.3, 0.4) is 0 Å². The summed E-state index contributed by atoms with van der Waals surface area (Å²) in [6, 6.07) is 76.2. The Morgan fingerprint density at radius 1 is 0.316 bits per heavy atom. The molecular formula is C55H44N2. The molecule has 1 aliphatic rings. The van der Waals surface area contributed by atoms with Crippen LogP contribution in [0.2, 0.25) is 0 Å². The monoisotopic (exact) mass is 732 g/mol. The van der Waals surface area contributed by atoms with E-state index in [0.717, 1.165) is 40.5 Å². The van der Waals surface area contributed by atoms with Gasteiger partial charge >= 0.3 is 0 Å². The van der Waals surface area contributed by atoms with Gasteiger partial charge in [-0.2, -0.15) is 0 Å². The molecule has 0 radical (unpaired) electrons. The lowest BCUT2D eigenvalue weighted by molar-refractivity contribution is 0.740. The van der Waals surface area contributed by atoms with Gasteiger partial charge in [0, 0.05) is 34.1 Å². The van der Waals surface area contributed by atoms with Crippen molar-refractivity contribution in [3.63, 3.8) is 0 Å². The minimum absolute atomic E-state index is 0.568. The second-order valence-corrected chi connectivity index (χ2v) is 14.7. The van der Waals surface area contributed by atoms with Gasteiger partial charge in [0.15, 0.2) is 0 Å². The van der Waals surface area contributed by atoms with Gasteiger partial charge < -0.3 is 9.80 Å². The second-order valence-electron chi connectivity index (χ2n) is 14.7. The van der Waals surface area contributed by atoms with Crippen molar-refractivity contribution in [2.45, 2.75) is 13.3 Å². The number of hydrogen-bond donors (Lipinski definition) is 0. The molecule has 57 heavy (non-hydrogen) atoms. The fourth-order valence-electron chi connectivity index (χ4n) is 7.78. The summed E-state index contributed by atoms with van der Waals surface area (Å²) in [6.45, 7) is 2.28. The molecule has 0 heterocycles. The topological polar surface area (TPSA) is 6.48 Å². The van der Waals surface area contributed by atoms with E-state index in [9.17, 15) is 0 Å². The van der Waals surface area contributed by atoms with E-state index in [-0.39, 0.29) is 0 Å². The number of allylic oxidation sites excluding steroid dienone is 4. The van der Waals surface area contributed by atoms with Gasteiger partial charge in [-0.05, 0) is 130 Å². The number of anilines is 6. The summed E-state index contributed by atoms with van der Waals surface area (Å²) < 4.78 is 0. The average Bonchev–Trinajstić information content (AvgIpc) is 3.29. The van der Waals surface area contributed by atoms with Crippen molar-refractivity contribution in [3.8, 4) is 33.4 Å². The maximum Gasteiger partial charge on any atom is 0.0462 e. The van der Waals surface area contributed by atoms with E-state index in [1.54, 1.807) is 0 Å². The highest BCUT2D eigenvalue weighted by Crippen LogP contribution is 2.39. The maximum atomic E-state index is 2.37. The third-order valence-electron chi connectivity index (χ3n) is 10.8. The fraction of sp³-hybridized carbons (Fsp3) is 0.0545. The van der Waals surface area contributed by atoms with Gasteiger partial charge in [0.1, 0.15) is 0 Å². The average molecular weight is 733 g/mol. The molecule has 9 rings (SSSR count). The molecule has 1 aliphatic carbocycles. The zero-order valence-corrected chi connectivity index (χ0v) is 32.1. The van der Waals surface area contributed by atoms with Crippen molar-refractivity contribution in [1.29, 1.82) is 0 Å². The number of benzene rings is 8. The van der Waals surface area contributed by atoms with Crippen molar-refractivity contribution >= 4 is 39.7 Å². The molecule has 1 atom stereocenters. The van der Waals surface area contributed by atoms with Crippen molar-refractivity contribution < 1.29 is 0 Å². The van der Waals surface area contributed by atoms with Gasteiger partial charge in [0.05, 0.1) is 0 Å². The lowest BCUT2D eigenvalue weighted by Gasteiger charge is -2.26. The predicted molar refractivity (Wildman–Crippen MR) is 243 cm³/mol. The van der Waals surface area contributed by atoms with E-state index in [2.05, 4.69) is 247 Å². The Kier molecular flexibility index (Phi) is 10.2. The molecule has 8 aromatic carbocycles. The van der Waals surface area contributed by atoms with Crippen LogP contribution in [-0.2, 0) is 0 Å².